The van der Waals surface area contributed by atoms with Crippen molar-refractivity contribution in [2.24, 2.45) is 5.84 Å². The number of hydrogen-bond acceptors (Lipinski definition) is 6. The van der Waals surface area contributed by atoms with Gasteiger partial charge in [-0.15, -0.1) is 0 Å². The SMILES string of the molecule is NNc1ccncc1S(=O)(=O)N1CCSCC1. The lowest BCUT2D eigenvalue weighted by Gasteiger charge is -2.26. The molecular weight excluding hydrogens is 260 g/mol. The predicted molar refractivity (Wildman–Crippen MR) is 68.1 cm³/mol. The third-order valence-corrected chi connectivity index (χ3v) is 5.40. The van der Waals surface area contributed by atoms with Gasteiger partial charge in [0.25, 0.3) is 0 Å². The van der Waals surface area contributed by atoms with E-state index in [4.69, 9.17) is 5.84 Å². The predicted octanol–water partition coefficient (Wildman–Crippen LogP) is 0.105. The number of nitrogen functional groups attached to an aromatic ring is 1. The second-order valence-corrected chi connectivity index (χ2v) is 6.66. The molecule has 1 aromatic rings. The van der Waals surface area contributed by atoms with Crippen LogP contribution in [-0.2, 0) is 10.0 Å². The summed E-state index contributed by atoms with van der Waals surface area (Å²) in [7, 11) is -3.49. The summed E-state index contributed by atoms with van der Waals surface area (Å²) in [5.41, 5.74) is 2.76. The summed E-state index contributed by atoms with van der Waals surface area (Å²) in [5.74, 6) is 6.96. The summed E-state index contributed by atoms with van der Waals surface area (Å²) < 4.78 is 26.2. The van der Waals surface area contributed by atoms with Gasteiger partial charge in [-0.1, -0.05) is 0 Å². The molecular formula is C9H14N4O2S2. The topological polar surface area (TPSA) is 88.3 Å². The van der Waals surface area contributed by atoms with Gasteiger partial charge < -0.3 is 5.43 Å². The minimum Gasteiger partial charge on any atom is -0.323 e. The quantitative estimate of drug-likeness (QED) is 0.600. The van der Waals surface area contributed by atoms with Crippen molar-refractivity contribution in [3.63, 3.8) is 0 Å². The van der Waals surface area contributed by atoms with E-state index in [1.165, 1.54) is 16.7 Å². The van der Waals surface area contributed by atoms with Gasteiger partial charge in [-0.25, -0.2) is 8.42 Å². The van der Waals surface area contributed by atoms with Crippen molar-refractivity contribution in [2.75, 3.05) is 30.0 Å². The maximum Gasteiger partial charge on any atom is 0.246 e. The van der Waals surface area contributed by atoms with Crippen LogP contribution in [0.4, 0.5) is 5.69 Å². The average Bonchev–Trinajstić information content (AvgIpc) is 2.39. The number of anilines is 1. The Morgan fingerprint density at radius 2 is 2.12 bits per heavy atom. The van der Waals surface area contributed by atoms with Crippen molar-refractivity contribution >= 4 is 27.5 Å². The molecule has 0 aromatic carbocycles. The Morgan fingerprint density at radius 3 is 2.76 bits per heavy atom. The van der Waals surface area contributed by atoms with Gasteiger partial charge >= 0.3 is 0 Å². The molecule has 2 heterocycles. The summed E-state index contributed by atoms with van der Waals surface area (Å²) in [5, 5.41) is 0. The Bertz CT molecular complexity index is 486. The summed E-state index contributed by atoms with van der Waals surface area (Å²) >= 11 is 1.76. The van der Waals surface area contributed by atoms with Crippen LogP contribution in [0.5, 0.6) is 0 Å². The zero-order valence-corrected chi connectivity index (χ0v) is 10.8. The number of thioether (sulfide) groups is 1. The molecule has 1 aromatic heterocycles. The molecule has 0 unspecified atom stereocenters. The number of rotatable bonds is 3. The summed E-state index contributed by atoms with van der Waals surface area (Å²) in [6, 6.07) is 1.55. The Kier molecular flexibility index (Phi) is 3.87. The van der Waals surface area contributed by atoms with Crippen LogP contribution in [0, 0.1) is 0 Å². The fraction of sp³-hybridized carbons (Fsp3) is 0.444. The zero-order valence-electron chi connectivity index (χ0n) is 9.17. The van der Waals surface area contributed by atoms with E-state index in [0.29, 0.717) is 18.8 Å². The lowest BCUT2D eigenvalue weighted by molar-refractivity contribution is 0.443. The van der Waals surface area contributed by atoms with Crippen LogP contribution >= 0.6 is 11.8 Å². The summed E-state index contributed by atoms with van der Waals surface area (Å²) in [6.45, 7) is 1.07. The first-order valence-corrected chi connectivity index (χ1v) is 7.74. The van der Waals surface area contributed by atoms with Crippen molar-refractivity contribution in [1.29, 1.82) is 0 Å². The normalized spacial score (nSPS) is 17.9. The molecule has 0 amide bonds. The molecule has 8 heteroatoms. The maximum atomic E-state index is 12.3. The van der Waals surface area contributed by atoms with E-state index in [-0.39, 0.29) is 4.90 Å². The number of nitrogens with zero attached hydrogens (tertiary/aromatic N) is 2. The first-order valence-electron chi connectivity index (χ1n) is 5.15. The molecule has 94 valence electrons. The van der Waals surface area contributed by atoms with Gasteiger partial charge in [0, 0.05) is 37.0 Å². The van der Waals surface area contributed by atoms with Crippen LogP contribution < -0.4 is 11.3 Å². The van der Waals surface area contributed by atoms with Gasteiger partial charge in [-0.05, 0) is 6.07 Å². The van der Waals surface area contributed by atoms with Crippen LogP contribution in [0.15, 0.2) is 23.4 Å². The minimum atomic E-state index is -3.49. The van der Waals surface area contributed by atoms with Crippen molar-refractivity contribution in [2.45, 2.75) is 4.90 Å². The number of sulfonamides is 1. The van der Waals surface area contributed by atoms with Crippen LogP contribution in [0.2, 0.25) is 0 Å². The first-order chi connectivity index (χ1) is 8.16. The highest BCUT2D eigenvalue weighted by Crippen LogP contribution is 2.24. The van der Waals surface area contributed by atoms with Gasteiger partial charge in [0.05, 0.1) is 5.69 Å². The fourth-order valence-corrected chi connectivity index (χ4v) is 4.31. The number of hydrazine groups is 1. The van der Waals surface area contributed by atoms with Crippen molar-refractivity contribution < 1.29 is 8.42 Å². The largest absolute Gasteiger partial charge is 0.323 e. The molecule has 0 radical (unpaired) electrons. The molecule has 0 atom stereocenters. The van der Waals surface area contributed by atoms with Crippen LogP contribution in [0.25, 0.3) is 0 Å². The van der Waals surface area contributed by atoms with Crippen molar-refractivity contribution in [3.05, 3.63) is 18.5 Å². The lowest BCUT2D eigenvalue weighted by atomic mass is 10.4. The molecule has 0 bridgehead atoms. The van der Waals surface area contributed by atoms with E-state index >= 15 is 0 Å². The second kappa shape index (κ2) is 5.21. The van der Waals surface area contributed by atoms with E-state index in [0.717, 1.165) is 11.5 Å². The number of pyridine rings is 1. The lowest BCUT2D eigenvalue weighted by Crippen LogP contribution is -2.38. The van der Waals surface area contributed by atoms with E-state index in [1.54, 1.807) is 17.8 Å². The van der Waals surface area contributed by atoms with E-state index < -0.39 is 10.0 Å². The highest BCUT2D eigenvalue weighted by molar-refractivity contribution is 7.99. The van der Waals surface area contributed by atoms with Crippen LogP contribution in [-0.4, -0.2) is 42.3 Å². The molecule has 1 aliphatic heterocycles. The third kappa shape index (κ3) is 2.54. The van der Waals surface area contributed by atoms with Gasteiger partial charge in [0.2, 0.25) is 10.0 Å². The number of hydrogen-bond donors (Lipinski definition) is 2. The van der Waals surface area contributed by atoms with Gasteiger partial charge in [0.15, 0.2) is 0 Å². The highest BCUT2D eigenvalue weighted by atomic mass is 32.2. The molecule has 3 N–H and O–H groups in total. The molecule has 0 aliphatic carbocycles. The van der Waals surface area contributed by atoms with Crippen molar-refractivity contribution in [1.82, 2.24) is 9.29 Å². The Hall–Kier alpha value is -0.830. The van der Waals surface area contributed by atoms with Gasteiger partial charge in [-0.3, -0.25) is 10.8 Å². The number of nitrogens with two attached hydrogens (primary N) is 1. The first kappa shape index (κ1) is 12.6. The van der Waals surface area contributed by atoms with Gasteiger partial charge in [-0.2, -0.15) is 16.1 Å². The highest BCUT2D eigenvalue weighted by Gasteiger charge is 2.28. The number of nitrogens with one attached hydrogen (secondary N) is 1. The maximum absolute atomic E-state index is 12.3. The number of aromatic nitrogens is 1. The molecule has 0 saturated carbocycles. The average molecular weight is 274 g/mol. The molecule has 0 spiro atoms. The summed E-state index contributed by atoms with van der Waals surface area (Å²) in [6.07, 6.45) is 2.83. The molecule has 6 nitrogen and oxygen atoms in total. The molecule has 2 rings (SSSR count). The Balaban J connectivity index is 2.36. The fourth-order valence-electron chi connectivity index (χ4n) is 1.63. The van der Waals surface area contributed by atoms with Crippen LogP contribution in [0.1, 0.15) is 0 Å². The monoisotopic (exact) mass is 274 g/mol. The van der Waals surface area contributed by atoms with E-state index in [2.05, 4.69) is 10.4 Å². The van der Waals surface area contributed by atoms with E-state index in [1.807, 2.05) is 0 Å². The Labute approximate surface area is 105 Å². The second-order valence-electron chi connectivity index (χ2n) is 3.53. The van der Waals surface area contributed by atoms with Gasteiger partial charge in [0.1, 0.15) is 4.90 Å². The van der Waals surface area contributed by atoms with Crippen molar-refractivity contribution in [3.8, 4) is 0 Å². The molecule has 17 heavy (non-hydrogen) atoms. The zero-order chi connectivity index (χ0) is 12.3. The van der Waals surface area contributed by atoms with E-state index in [9.17, 15) is 8.42 Å². The smallest absolute Gasteiger partial charge is 0.246 e. The molecule has 1 saturated heterocycles. The minimum absolute atomic E-state index is 0.134. The summed E-state index contributed by atoms with van der Waals surface area (Å²) in [4.78, 5) is 3.98. The third-order valence-electron chi connectivity index (χ3n) is 2.53. The van der Waals surface area contributed by atoms with Crippen LogP contribution in [0.3, 0.4) is 0 Å². The Morgan fingerprint density at radius 1 is 1.41 bits per heavy atom. The standard InChI is InChI=1S/C9H14N4O2S2/c10-12-8-1-2-11-7-9(8)17(14,15)13-3-5-16-6-4-13/h1-2,7H,3-6,10H2,(H,11,12). The molecule has 1 aliphatic rings. The molecule has 1 fully saturated rings.